The van der Waals surface area contributed by atoms with Gasteiger partial charge in [0.15, 0.2) is 0 Å². The standard InChI is InChI=1S/C15H13N3/c16-12-7-5-11(6-8-12)15(13-3-1-9-17-13)14-4-2-10-18-14/h1-10,17H,16H2/b15-14+. The van der Waals surface area contributed by atoms with Crippen LogP contribution in [0.2, 0.25) is 0 Å². The zero-order chi connectivity index (χ0) is 12.4. The summed E-state index contributed by atoms with van der Waals surface area (Å²) < 4.78 is 0. The quantitative estimate of drug-likeness (QED) is 0.772. The molecule has 0 spiro atoms. The van der Waals surface area contributed by atoms with E-state index in [4.69, 9.17) is 5.73 Å². The molecule has 0 atom stereocenters. The predicted molar refractivity (Wildman–Crippen MR) is 75.3 cm³/mol. The maximum absolute atomic E-state index is 5.73. The summed E-state index contributed by atoms with van der Waals surface area (Å²) in [4.78, 5) is 7.61. The molecular weight excluding hydrogens is 222 g/mol. The molecule has 0 unspecified atom stereocenters. The number of allylic oxidation sites excluding steroid dienone is 2. The highest BCUT2D eigenvalue weighted by molar-refractivity contribution is 5.88. The van der Waals surface area contributed by atoms with E-state index in [0.29, 0.717) is 0 Å². The lowest BCUT2D eigenvalue weighted by Crippen LogP contribution is -1.92. The Morgan fingerprint density at radius 3 is 2.56 bits per heavy atom. The minimum absolute atomic E-state index is 0.764. The van der Waals surface area contributed by atoms with Crippen LogP contribution in [0.25, 0.3) is 5.57 Å². The van der Waals surface area contributed by atoms with Gasteiger partial charge in [0.1, 0.15) is 0 Å². The van der Waals surface area contributed by atoms with Gasteiger partial charge in [0.2, 0.25) is 0 Å². The molecule has 1 aliphatic rings. The summed E-state index contributed by atoms with van der Waals surface area (Å²) >= 11 is 0. The van der Waals surface area contributed by atoms with Crippen molar-refractivity contribution in [1.82, 2.24) is 4.98 Å². The molecule has 0 amide bonds. The first kappa shape index (κ1) is 10.6. The predicted octanol–water partition coefficient (Wildman–Crippen LogP) is 3.00. The zero-order valence-electron chi connectivity index (χ0n) is 9.80. The number of aliphatic imine (C=N–C) groups is 1. The third-order valence-corrected chi connectivity index (χ3v) is 2.88. The zero-order valence-corrected chi connectivity index (χ0v) is 9.80. The Labute approximate surface area is 105 Å². The number of hydrogen-bond acceptors (Lipinski definition) is 2. The van der Waals surface area contributed by atoms with Gasteiger partial charge in [0, 0.05) is 29.4 Å². The highest BCUT2D eigenvalue weighted by atomic mass is 14.8. The van der Waals surface area contributed by atoms with Crippen molar-refractivity contribution in [3.8, 4) is 0 Å². The Morgan fingerprint density at radius 2 is 1.94 bits per heavy atom. The molecule has 1 aliphatic heterocycles. The summed E-state index contributed by atoms with van der Waals surface area (Å²) in [5, 5.41) is 0. The molecule has 2 aromatic rings. The molecule has 0 radical (unpaired) electrons. The second-order valence-corrected chi connectivity index (χ2v) is 4.10. The molecule has 3 N–H and O–H groups in total. The van der Waals surface area contributed by atoms with Crippen LogP contribution in [0.15, 0.2) is 65.4 Å². The fourth-order valence-electron chi connectivity index (χ4n) is 2.03. The van der Waals surface area contributed by atoms with E-state index < -0.39 is 0 Å². The number of anilines is 1. The van der Waals surface area contributed by atoms with E-state index in [-0.39, 0.29) is 0 Å². The van der Waals surface area contributed by atoms with Gasteiger partial charge in [-0.2, -0.15) is 0 Å². The van der Waals surface area contributed by atoms with Gasteiger partial charge in [0.05, 0.1) is 5.70 Å². The number of nitrogens with one attached hydrogen (secondary N) is 1. The van der Waals surface area contributed by atoms with Crippen molar-refractivity contribution in [2.75, 3.05) is 5.73 Å². The number of hydrogen-bond donors (Lipinski definition) is 2. The Morgan fingerprint density at radius 1 is 1.11 bits per heavy atom. The molecule has 0 saturated carbocycles. The fraction of sp³-hybridized carbons (Fsp3) is 0. The lowest BCUT2D eigenvalue weighted by atomic mass is 10.0. The minimum atomic E-state index is 0.764. The molecule has 3 nitrogen and oxygen atoms in total. The van der Waals surface area contributed by atoms with E-state index in [2.05, 4.69) is 9.98 Å². The van der Waals surface area contributed by atoms with Crippen LogP contribution >= 0.6 is 0 Å². The third kappa shape index (κ3) is 1.86. The summed E-state index contributed by atoms with van der Waals surface area (Å²) in [6.45, 7) is 0. The topological polar surface area (TPSA) is 54.2 Å². The molecule has 2 heterocycles. The van der Waals surface area contributed by atoms with Gasteiger partial charge in [-0.25, -0.2) is 0 Å². The number of nitrogens with zero attached hydrogens (tertiary/aromatic N) is 1. The van der Waals surface area contributed by atoms with Crippen LogP contribution in [0.5, 0.6) is 0 Å². The molecule has 1 aromatic carbocycles. The molecule has 0 saturated heterocycles. The number of aromatic nitrogens is 1. The number of benzene rings is 1. The monoisotopic (exact) mass is 235 g/mol. The highest BCUT2D eigenvalue weighted by Crippen LogP contribution is 2.28. The third-order valence-electron chi connectivity index (χ3n) is 2.88. The number of nitrogens with two attached hydrogens (primary N) is 1. The Kier molecular flexibility index (Phi) is 2.57. The summed E-state index contributed by atoms with van der Waals surface area (Å²) in [5.74, 6) is 0. The molecule has 0 bridgehead atoms. The van der Waals surface area contributed by atoms with Crippen molar-refractivity contribution >= 4 is 17.5 Å². The van der Waals surface area contributed by atoms with Gasteiger partial charge in [-0.05, 0) is 42.0 Å². The lowest BCUT2D eigenvalue weighted by molar-refractivity contribution is 1.32. The number of nitrogen functional groups attached to an aromatic ring is 1. The van der Waals surface area contributed by atoms with Crippen molar-refractivity contribution in [2.45, 2.75) is 0 Å². The lowest BCUT2D eigenvalue weighted by Gasteiger charge is -2.08. The van der Waals surface area contributed by atoms with Gasteiger partial charge in [-0.3, -0.25) is 4.99 Å². The normalized spacial score (nSPS) is 16.2. The van der Waals surface area contributed by atoms with Gasteiger partial charge in [-0.1, -0.05) is 12.1 Å². The van der Waals surface area contributed by atoms with E-state index in [1.54, 1.807) is 6.21 Å². The van der Waals surface area contributed by atoms with Crippen LogP contribution in [0.4, 0.5) is 5.69 Å². The molecule has 0 fully saturated rings. The molecule has 18 heavy (non-hydrogen) atoms. The largest absolute Gasteiger partial charge is 0.399 e. The van der Waals surface area contributed by atoms with E-state index in [0.717, 1.165) is 28.2 Å². The van der Waals surface area contributed by atoms with E-state index >= 15 is 0 Å². The van der Waals surface area contributed by atoms with Crippen molar-refractivity contribution in [3.05, 3.63) is 71.7 Å². The van der Waals surface area contributed by atoms with Gasteiger partial charge < -0.3 is 10.7 Å². The summed E-state index contributed by atoms with van der Waals surface area (Å²) in [5.41, 5.74) is 10.7. The van der Waals surface area contributed by atoms with Crippen LogP contribution in [0, 0.1) is 0 Å². The average molecular weight is 235 g/mol. The maximum atomic E-state index is 5.73. The van der Waals surface area contributed by atoms with Crippen LogP contribution in [-0.2, 0) is 0 Å². The van der Waals surface area contributed by atoms with Gasteiger partial charge in [-0.15, -0.1) is 0 Å². The summed E-state index contributed by atoms with van der Waals surface area (Å²) in [6, 6.07) is 11.9. The average Bonchev–Trinajstić information content (AvgIpc) is 3.06. The van der Waals surface area contributed by atoms with Crippen molar-refractivity contribution in [3.63, 3.8) is 0 Å². The molecule has 3 rings (SSSR count). The van der Waals surface area contributed by atoms with Crippen LogP contribution in [-0.4, -0.2) is 11.2 Å². The van der Waals surface area contributed by atoms with E-state index in [9.17, 15) is 0 Å². The van der Waals surface area contributed by atoms with E-state index in [1.165, 1.54) is 0 Å². The first-order valence-electron chi connectivity index (χ1n) is 5.79. The first-order chi connectivity index (χ1) is 8.84. The number of aromatic amines is 1. The smallest absolute Gasteiger partial charge is 0.0729 e. The van der Waals surface area contributed by atoms with Crippen molar-refractivity contribution in [2.24, 2.45) is 4.99 Å². The van der Waals surface area contributed by atoms with Crippen molar-refractivity contribution < 1.29 is 0 Å². The molecule has 3 heteroatoms. The molecule has 0 aliphatic carbocycles. The SMILES string of the molecule is Nc1ccc(/C(=C2/C=CC=N2)c2ccc[nH]2)cc1. The maximum Gasteiger partial charge on any atom is 0.0729 e. The second-order valence-electron chi connectivity index (χ2n) is 4.10. The highest BCUT2D eigenvalue weighted by Gasteiger charge is 2.11. The van der Waals surface area contributed by atoms with E-state index in [1.807, 2.05) is 54.7 Å². The van der Waals surface area contributed by atoms with Crippen molar-refractivity contribution in [1.29, 1.82) is 0 Å². The minimum Gasteiger partial charge on any atom is -0.399 e. The molecular formula is C15H13N3. The van der Waals surface area contributed by atoms with Crippen LogP contribution < -0.4 is 5.73 Å². The summed E-state index contributed by atoms with van der Waals surface area (Å²) in [7, 11) is 0. The Hall–Kier alpha value is -2.55. The van der Waals surface area contributed by atoms with Crippen LogP contribution in [0.1, 0.15) is 11.3 Å². The fourth-order valence-corrected chi connectivity index (χ4v) is 2.03. The van der Waals surface area contributed by atoms with Gasteiger partial charge >= 0.3 is 0 Å². The number of rotatable bonds is 2. The van der Waals surface area contributed by atoms with Gasteiger partial charge in [0.25, 0.3) is 0 Å². The summed E-state index contributed by atoms with van der Waals surface area (Å²) in [6.07, 6.45) is 7.66. The molecule has 88 valence electrons. The molecule has 1 aromatic heterocycles. The Balaban J connectivity index is 2.18. The number of H-pyrrole nitrogens is 1. The first-order valence-corrected chi connectivity index (χ1v) is 5.79. The second kappa shape index (κ2) is 4.37. The van der Waals surface area contributed by atoms with Crippen LogP contribution in [0.3, 0.4) is 0 Å². The Bertz CT molecular complexity index is 615.